The number of hydrogen-bond acceptors (Lipinski definition) is 4. The van der Waals surface area contributed by atoms with Gasteiger partial charge in [0.05, 0.1) is 5.52 Å². The van der Waals surface area contributed by atoms with Crippen molar-refractivity contribution in [1.82, 2.24) is 15.2 Å². The molecule has 1 aliphatic heterocycles. The number of amides is 2. The number of hydrogen-bond donors (Lipinski definition) is 1. The highest BCUT2D eigenvalue weighted by Gasteiger charge is 2.29. The summed E-state index contributed by atoms with van der Waals surface area (Å²) in [7, 11) is 0. The Balaban J connectivity index is 1.08. The second-order valence-electron chi connectivity index (χ2n) is 12.5. The highest BCUT2D eigenvalue weighted by Crippen LogP contribution is 2.30. The van der Waals surface area contributed by atoms with Crippen LogP contribution in [-0.2, 0) is 6.42 Å². The monoisotopic (exact) mass is 553 g/mol. The summed E-state index contributed by atoms with van der Waals surface area (Å²) in [6.45, 7) is 7.29. The lowest BCUT2D eigenvalue weighted by Gasteiger charge is -2.37. The minimum Gasteiger partial charge on any atom is -0.368 e. The van der Waals surface area contributed by atoms with Crippen LogP contribution >= 0.6 is 0 Å². The molecule has 6 nitrogen and oxygen atoms in total. The molecule has 2 heterocycles. The van der Waals surface area contributed by atoms with Gasteiger partial charge in [0.15, 0.2) is 0 Å². The zero-order valence-corrected chi connectivity index (χ0v) is 24.9. The van der Waals surface area contributed by atoms with Gasteiger partial charge in [-0.15, -0.1) is 0 Å². The van der Waals surface area contributed by atoms with Gasteiger partial charge in [0.25, 0.3) is 0 Å². The Hall–Kier alpha value is -3.12. The van der Waals surface area contributed by atoms with Crippen LogP contribution in [0.1, 0.15) is 75.5 Å². The second kappa shape index (κ2) is 13.2. The summed E-state index contributed by atoms with van der Waals surface area (Å²) in [5.41, 5.74) is 5.85. The first-order valence-corrected chi connectivity index (χ1v) is 16.2. The van der Waals surface area contributed by atoms with Crippen molar-refractivity contribution in [1.29, 1.82) is 0 Å². The van der Waals surface area contributed by atoms with E-state index in [2.05, 4.69) is 81.5 Å². The average molecular weight is 554 g/mol. The standard InChI is InChI=1S/C35H47N5O/c1-27-18-19-32-33(36-27)16-9-17-34(32)39-24-22-38(23-25-39)21-20-28-10-8-15-31(26-28)40(30-13-6-3-7-14-30)35(41)37-29-11-4-2-5-12-29/h8-10,15-19,26,29-30H,2-7,11-14,20-25H2,1H3,(H,37,41). The minimum absolute atomic E-state index is 0.121. The zero-order valence-electron chi connectivity index (χ0n) is 24.9. The quantitative estimate of drug-likeness (QED) is 0.339. The van der Waals surface area contributed by atoms with E-state index < -0.39 is 0 Å². The summed E-state index contributed by atoms with van der Waals surface area (Å²) in [6, 6.07) is 20.4. The van der Waals surface area contributed by atoms with Gasteiger partial charge in [-0.05, 0) is 81.0 Å². The lowest BCUT2D eigenvalue weighted by molar-refractivity contribution is 0.233. The molecule has 2 aliphatic carbocycles. The molecule has 1 N–H and O–H groups in total. The third-order valence-electron chi connectivity index (χ3n) is 9.56. The summed E-state index contributed by atoms with van der Waals surface area (Å²) >= 11 is 0. The van der Waals surface area contributed by atoms with Crippen LogP contribution in [0.25, 0.3) is 10.9 Å². The highest BCUT2D eigenvalue weighted by molar-refractivity contribution is 5.93. The molecule has 0 radical (unpaired) electrons. The molecular weight excluding hydrogens is 506 g/mol. The van der Waals surface area contributed by atoms with Crippen LogP contribution < -0.4 is 15.1 Å². The molecule has 3 aromatic rings. The largest absolute Gasteiger partial charge is 0.368 e. The molecule has 0 atom stereocenters. The van der Waals surface area contributed by atoms with Gasteiger partial charge in [0.1, 0.15) is 0 Å². The molecule has 2 aromatic carbocycles. The molecule has 0 spiro atoms. The molecule has 3 aliphatic rings. The maximum Gasteiger partial charge on any atom is 0.322 e. The Labute approximate surface area is 246 Å². The van der Waals surface area contributed by atoms with E-state index in [1.54, 1.807) is 0 Å². The number of pyridine rings is 1. The van der Waals surface area contributed by atoms with Gasteiger partial charge in [-0.3, -0.25) is 14.8 Å². The fourth-order valence-electron chi connectivity index (χ4n) is 7.20. The topological polar surface area (TPSA) is 51.7 Å². The molecule has 3 fully saturated rings. The molecule has 41 heavy (non-hydrogen) atoms. The first-order chi connectivity index (χ1) is 20.1. The van der Waals surface area contributed by atoms with Crippen molar-refractivity contribution < 1.29 is 4.79 Å². The second-order valence-corrected chi connectivity index (χ2v) is 12.5. The smallest absolute Gasteiger partial charge is 0.322 e. The third kappa shape index (κ3) is 6.86. The molecule has 1 saturated heterocycles. The van der Waals surface area contributed by atoms with E-state index in [1.165, 1.54) is 55.2 Å². The molecule has 6 heteroatoms. The number of rotatable bonds is 7. The fourth-order valence-corrected chi connectivity index (χ4v) is 7.20. The summed E-state index contributed by atoms with van der Waals surface area (Å²) in [4.78, 5) is 25.6. The summed E-state index contributed by atoms with van der Waals surface area (Å²) in [6.07, 6.45) is 13.0. The van der Waals surface area contributed by atoms with Crippen molar-refractivity contribution in [3.05, 3.63) is 65.9 Å². The first-order valence-electron chi connectivity index (χ1n) is 16.2. The SMILES string of the molecule is Cc1ccc2c(N3CCN(CCc4cccc(N(C(=O)NC5CCCCC5)C5CCCCC5)c4)CC3)cccc2n1. The number of anilines is 2. The molecule has 2 saturated carbocycles. The minimum atomic E-state index is 0.121. The Morgan fingerprint density at radius 3 is 2.39 bits per heavy atom. The van der Waals surface area contributed by atoms with Gasteiger partial charge < -0.3 is 10.2 Å². The molecule has 0 bridgehead atoms. The number of aromatic nitrogens is 1. The maximum atomic E-state index is 13.7. The number of nitrogens with zero attached hydrogens (tertiary/aromatic N) is 4. The van der Waals surface area contributed by atoms with Gasteiger partial charge in [-0.1, -0.05) is 56.7 Å². The molecule has 218 valence electrons. The Kier molecular flexibility index (Phi) is 9.05. The van der Waals surface area contributed by atoms with Crippen molar-refractivity contribution in [2.24, 2.45) is 0 Å². The van der Waals surface area contributed by atoms with Gasteiger partial charge in [0, 0.05) is 67.3 Å². The van der Waals surface area contributed by atoms with Crippen LogP contribution in [0.15, 0.2) is 54.6 Å². The van der Waals surface area contributed by atoms with Crippen LogP contribution in [0.4, 0.5) is 16.2 Å². The van der Waals surface area contributed by atoms with E-state index in [-0.39, 0.29) is 6.03 Å². The lowest BCUT2D eigenvalue weighted by atomic mass is 9.93. The van der Waals surface area contributed by atoms with Crippen LogP contribution in [0, 0.1) is 6.92 Å². The van der Waals surface area contributed by atoms with Crippen LogP contribution in [-0.4, -0.2) is 60.7 Å². The molecular formula is C35H47N5O. The summed E-state index contributed by atoms with van der Waals surface area (Å²) < 4.78 is 0. The van der Waals surface area contributed by atoms with Crippen LogP contribution in [0.2, 0.25) is 0 Å². The van der Waals surface area contributed by atoms with Gasteiger partial charge >= 0.3 is 6.03 Å². The van der Waals surface area contributed by atoms with E-state index in [9.17, 15) is 4.79 Å². The molecule has 1 aromatic heterocycles. The van der Waals surface area contributed by atoms with Crippen molar-refractivity contribution in [3.63, 3.8) is 0 Å². The van der Waals surface area contributed by atoms with Gasteiger partial charge in [-0.2, -0.15) is 0 Å². The number of nitrogens with one attached hydrogen (secondary N) is 1. The number of aryl methyl sites for hydroxylation is 1. The first kappa shape index (κ1) is 28.0. The number of fused-ring (bicyclic) bond motifs is 1. The van der Waals surface area contributed by atoms with E-state index in [1.807, 2.05) is 0 Å². The van der Waals surface area contributed by atoms with Crippen LogP contribution in [0.3, 0.4) is 0 Å². The number of benzene rings is 2. The summed E-state index contributed by atoms with van der Waals surface area (Å²) in [5, 5.41) is 4.67. The Morgan fingerprint density at radius 2 is 1.61 bits per heavy atom. The van der Waals surface area contributed by atoms with Crippen LogP contribution in [0.5, 0.6) is 0 Å². The fraction of sp³-hybridized carbons (Fsp3) is 0.543. The molecule has 0 unspecified atom stereocenters. The van der Waals surface area contributed by atoms with Crippen molar-refractivity contribution in [2.45, 2.75) is 89.6 Å². The van der Waals surface area contributed by atoms with Crippen molar-refractivity contribution >= 4 is 28.3 Å². The van der Waals surface area contributed by atoms with E-state index in [0.717, 1.165) is 81.7 Å². The van der Waals surface area contributed by atoms with Gasteiger partial charge in [-0.25, -0.2) is 4.79 Å². The van der Waals surface area contributed by atoms with E-state index in [4.69, 9.17) is 4.98 Å². The summed E-state index contributed by atoms with van der Waals surface area (Å²) in [5.74, 6) is 0. The van der Waals surface area contributed by atoms with Gasteiger partial charge in [0.2, 0.25) is 0 Å². The van der Waals surface area contributed by atoms with E-state index >= 15 is 0 Å². The number of carbonyl (C=O) groups is 1. The Morgan fingerprint density at radius 1 is 0.878 bits per heavy atom. The Bertz CT molecular complexity index is 1300. The average Bonchev–Trinajstić information content (AvgIpc) is 3.01. The van der Waals surface area contributed by atoms with Crippen molar-refractivity contribution in [3.8, 4) is 0 Å². The predicted octanol–water partition coefficient (Wildman–Crippen LogP) is 7.09. The number of urea groups is 1. The molecule has 6 rings (SSSR count). The van der Waals surface area contributed by atoms with E-state index in [0.29, 0.717) is 12.1 Å². The number of piperazine rings is 1. The predicted molar refractivity (Wildman–Crippen MR) is 170 cm³/mol. The normalized spacial score (nSPS) is 19.4. The molecule has 2 amide bonds. The number of carbonyl (C=O) groups excluding carboxylic acids is 1. The maximum absolute atomic E-state index is 13.7. The zero-order chi connectivity index (χ0) is 28.0. The van der Waals surface area contributed by atoms with Crippen molar-refractivity contribution in [2.75, 3.05) is 42.5 Å². The third-order valence-corrected chi connectivity index (χ3v) is 9.56. The highest BCUT2D eigenvalue weighted by atomic mass is 16.2. The lowest BCUT2D eigenvalue weighted by Crippen LogP contribution is -2.50.